The zero-order valence-corrected chi connectivity index (χ0v) is 10.4. The second kappa shape index (κ2) is 3.31. The van der Waals surface area contributed by atoms with Gasteiger partial charge in [0.15, 0.2) is 0 Å². The zero-order chi connectivity index (χ0) is 10.6. The summed E-state index contributed by atoms with van der Waals surface area (Å²) in [5.41, 5.74) is 1.95. The molecule has 1 spiro atoms. The quantitative estimate of drug-likeness (QED) is 0.736. The molecule has 0 radical (unpaired) electrons. The van der Waals surface area contributed by atoms with E-state index in [0.717, 1.165) is 5.92 Å². The van der Waals surface area contributed by atoms with Gasteiger partial charge in [-0.15, -0.1) is 11.3 Å². The number of fused-ring (bicyclic) bond motifs is 3. The first kappa shape index (κ1) is 9.63. The molecule has 4 aliphatic rings. The van der Waals surface area contributed by atoms with Crippen molar-refractivity contribution in [2.24, 2.45) is 5.92 Å². The minimum absolute atomic E-state index is 0.332. The van der Waals surface area contributed by atoms with Gasteiger partial charge in [0.1, 0.15) is 0 Å². The van der Waals surface area contributed by atoms with E-state index in [4.69, 9.17) is 0 Å². The van der Waals surface area contributed by atoms with Crippen molar-refractivity contribution in [1.82, 2.24) is 10.2 Å². The molecule has 0 amide bonds. The average Bonchev–Trinajstić information content (AvgIpc) is 2.80. The Kier molecular flexibility index (Phi) is 1.99. The van der Waals surface area contributed by atoms with Gasteiger partial charge in [0.2, 0.25) is 0 Å². The van der Waals surface area contributed by atoms with E-state index in [0.29, 0.717) is 5.54 Å². The SMILES string of the molecule is c1cc2c(s1)C1(CN3CCC1CC3)NCC2. The molecule has 5 rings (SSSR count). The first-order valence-corrected chi connectivity index (χ1v) is 7.31. The first-order chi connectivity index (χ1) is 7.88. The number of hydrogen-bond acceptors (Lipinski definition) is 3. The van der Waals surface area contributed by atoms with Gasteiger partial charge in [-0.05, 0) is 55.3 Å². The summed E-state index contributed by atoms with van der Waals surface area (Å²) in [5.74, 6) is 0.884. The summed E-state index contributed by atoms with van der Waals surface area (Å²) in [7, 11) is 0. The van der Waals surface area contributed by atoms with Crippen molar-refractivity contribution in [3.05, 3.63) is 21.9 Å². The van der Waals surface area contributed by atoms with Crippen molar-refractivity contribution in [3.63, 3.8) is 0 Å². The normalized spacial score (nSPS) is 41.2. The Morgan fingerprint density at radius 3 is 3.00 bits per heavy atom. The topological polar surface area (TPSA) is 15.3 Å². The summed E-state index contributed by atoms with van der Waals surface area (Å²) >= 11 is 1.98. The van der Waals surface area contributed by atoms with Crippen LogP contribution >= 0.6 is 11.3 Å². The molecule has 4 aliphatic heterocycles. The van der Waals surface area contributed by atoms with Crippen LogP contribution in [0.4, 0.5) is 0 Å². The maximum Gasteiger partial charge on any atom is 0.0689 e. The molecule has 1 aromatic rings. The molecule has 16 heavy (non-hydrogen) atoms. The molecule has 2 nitrogen and oxygen atoms in total. The van der Waals surface area contributed by atoms with Crippen molar-refractivity contribution >= 4 is 11.3 Å². The maximum absolute atomic E-state index is 3.88. The molecule has 0 saturated carbocycles. The molecule has 3 fully saturated rings. The molecule has 86 valence electrons. The fraction of sp³-hybridized carbons (Fsp3) is 0.692. The monoisotopic (exact) mass is 234 g/mol. The van der Waals surface area contributed by atoms with Gasteiger partial charge in [-0.1, -0.05) is 0 Å². The predicted molar refractivity (Wildman–Crippen MR) is 66.9 cm³/mol. The molecule has 3 saturated heterocycles. The summed E-state index contributed by atoms with van der Waals surface area (Å²) in [6.45, 7) is 5.09. The average molecular weight is 234 g/mol. The highest BCUT2D eigenvalue weighted by atomic mass is 32.1. The second-order valence-electron chi connectivity index (χ2n) is 5.47. The lowest BCUT2D eigenvalue weighted by Gasteiger charge is -2.55. The molecule has 1 aromatic heterocycles. The number of nitrogens with zero attached hydrogens (tertiary/aromatic N) is 1. The van der Waals surface area contributed by atoms with Crippen LogP contribution < -0.4 is 5.32 Å². The highest BCUT2D eigenvalue weighted by Gasteiger charge is 2.50. The highest BCUT2D eigenvalue weighted by Crippen LogP contribution is 2.46. The van der Waals surface area contributed by atoms with E-state index in [1.165, 1.54) is 45.4 Å². The maximum atomic E-state index is 3.88. The van der Waals surface area contributed by atoms with Crippen molar-refractivity contribution in [1.29, 1.82) is 0 Å². The molecule has 0 aromatic carbocycles. The van der Waals surface area contributed by atoms with Crippen molar-refractivity contribution in [2.45, 2.75) is 24.8 Å². The molecule has 1 N–H and O–H groups in total. The molecule has 2 bridgehead atoms. The lowest BCUT2D eigenvalue weighted by atomic mass is 9.70. The summed E-state index contributed by atoms with van der Waals surface area (Å²) in [4.78, 5) is 4.31. The largest absolute Gasteiger partial charge is 0.305 e. The number of rotatable bonds is 0. The molecule has 1 atom stereocenters. The highest BCUT2D eigenvalue weighted by molar-refractivity contribution is 7.10. The lowest BCUT2D eigenvalue weighted by molar-refractivity contribution is 0.00195. The zero-order valence-electron chi connectivity index (χ0n) is 9.54. The van der Waals surface area contributed by atoms with Crippen LogP contribution in [0.15, 0.2) is 11.4 Å². The lowest BCUT2D eigenvalue weighted by Crippen LogP contribution is -2.65. The first-order valence-electron chi connectivity index (χ1n) is 6.43. The summed E-state index contributed by atoms with van der Waals surface area (Å²) in [6.07, 6.45) is 4.02. The number of hydrogen-bond donors (Lipinski definition) is 1. The fourth-order valence-corrected chi connectivity index (χ4v) is 5.15. The van der Waals surface area contributed by atoms with E-state index >= 15 is 0 Å². The molecular formula is C13H18N2S. The second-order valence-corrected chi connectivity index (χ2v) is 6.39. The van der Waals surface area contributed by atoms with Crippen LogP contribution in [0.3, 0.4) is 0 Å². The van der Waals surface area contributed by atoms with E-state index in [1.807, 2.05) is 11.3 Å². The van der Waals surface area contributed by atoms with E-state index < -0.39 is 0 Å². The van der Waals surface area contributed by atoms with Gasteiger partial charge in [-0.2, -0.15) is 0 Å². The van der Waals surface area contributed by atoms with E-state index in [2.05, 4.69) is 21.7 Å². The minimum atomic E-state index is 0.332. The Morgan fingerprint density at radius 1 is 1.38 bits per heavy atom. The Hall–Kier alpha value is -0.380. The van der Waals surface area contributed by atoms with Crippen molar-refractivity contribution in [3.8, 4) is 0 Å². The van der Waals surface area contributed by atoms with E-state index in [9.17, 15) is 0 Å². The molecule has 3 heteroatoms. The Bertz CT molecular complexity index is 406. The van der Waals surface area contributed by atoms with Gasteiger partial charge in [0, 0.05) is 18.0 Å². The van der Waals surface area contributed by atoms with Gasteiger partial charge in [-0.25, -0.2) is 0 Å². The molecular weight excluding hydrogens is 216 g/mol. The number of nitrogens with one attached hydrogen (secondary N) is 1. The van der Waals surface area contributed by atoms with E-state index in [-0.39, 0.29) is 0 Å². The molecule has 1 unspecified atom stereocenters. The Labute approximate surface area is 101 Å². The van der Waals surface area contributed by atoms with Crippen LogP contribution in [0.25, 0.3) is 0 Å². The van der Waals surface area contributed by atoms with Crippen LogP contribution in [-0.4, -0.2) is 31.1 Å². The smallest absolute Gasteiger partial charge is 0.0689 e. The van der Waals surface area contributed by atoms with Crippen LogP contribution in [0.5, 0.6) is 0 Å². The standard InChI is InChI=1S/C13H18N2S/c1-5-14-13(12-10(1)4-8-16-12)9-15-6-2-11(13)3-7-15/h4,8,11,14H,1-3,5-7,9H2. The van der Waals surface area contributed by atoms with Gasteiger partial charge in [0.05, 0.1) is 5.54 Å². The van der Waals surface area contributed by atoms with Gasteiger partial charge < -0.3 is 10.2 Å². The third kappa shape index (κ3) is 1.14. The van der Waals surface area contributed by atoms with Crippen LogP contribution in [0, 0.1) is 5.92 Å². The van der Waals surface area contributed by atoms with Gasteiger partial charge >= 0.3 is 0 Å². The third-order valence-electron chi connectivity index (χ3n) is 4.74. The van der Waals surface area contributed by atoms with Crippen LogP contribution in [0.1, 0.15) is 23.3 Å². The molecule has 0 aliphatic carbocycles. The Morgan fingerprint density at radius 2 is 2.25 bits per heavy atom. The van der Waals surface area contributed by atoms with Crippen molar-refractivity contribution < 1.29 is 0 Å². The third-order valence-corrected chi connectivity index (χ3v) is 5.88. The summed E-state index contributed by atoms with van der Waals surface area (Å²) in [5, 5.41) is 6.17. The fourth-order valence-electron chi connectivity index (χ4n) is 3.95. The summed E-state index contributed by atoms with van der Waals surface area (Å²) in [6, 6.07) is 2.35. The van der Waals surface area contributed by atoms with Gasteiger partial charge in [-0.3, -0.25) is 0 Å². The van der Waals surface area contributed by atoms with Crippen LogP contribution in [-0.2, 0) is 12.0 Å². The number of piperidine rings is 3. The van der Waals surface area contributed by atoms with Crippen LogP contribution in [0.2, 0.25) is 0 Å². The predicted octanol–water partition coefficient (Wildman–Crippen LogP) is 1.81. The summed E-state index contributed by atoms with van der Waals surface area (Å²) < 4.78 is 0. The van der Waals surface area contributed by atoms with Crippen molar-refractivity contribution in [2.75, 3.05) is 26.2 Å². The number of thiophene rings is 1. The van der Waals surface area contributed by atoms with Gasteiger partial charge in [0.25, 0.3) is 0 Å². The Balaban J connectivity index is 1.83. The minimum Gasteiger partial charge on any atom is -0.305 e. The van der Waals surface area contributed by atoms with E-state index in [1.54, 1.807) is 10.4 Å². The molecule has 5 heterocycles.